The molecule has 0 bridgehead atoms. The van der Waals surface area contributed by atoms with E-state index in [2.05, 4.69) is 52.8 Å². The van der Waals surface area contributed by atoms with Crippen LogP contribution in [0.1, 0.15) is 38.4 Å². The Morgan fingerprint density at radius 1 is 1.38 bits per heavy atom. The lowest BCUT2D eigenvalue weighted by molar-refractivity contribution is 0.371. The Hall–Kier alpha value is -0.510. The maximum atomic E-state index is 5.20. The monoisotopic (exact) mass is 427 g/mol. The Bertz CT molecular complexity index is 411. The van der Waals surface area contributed by atoms with Crippen LogP contribution in [-0.2, 0) is 6.42 Å². The zero-order chi connectivity index (χ0) is 14.8. The Balaban J connectivity index is 0.00000400. The second kappa shape index (κ2) is 12.1. The third-order valence-corrected chi connectivity index (χ3v) is 3.13. The second-order valence-corrected chi connectivity index (χ2v) is 5.62. The molecule has 1 aromatic rings. The van der Waals surface area contributed by atoms with Gasteiger partial charge in [0.25, 0.3) is 0 Å². The first-order valence-corrected chi connectivity index (χ1v) is 8.40. The number of thioether (sulfide) groups is 1. The van der Waals surface area contributed by atoms with E-state index in [1.807, 2.05) is 0 Å². The average Bonchev–Trinajstić information content (AvgIpc) is 2.88. The highest BCUT2D eigenvalue weighted by Gasteiger charge is 2.09. The van der Waals surface area contributed by atoms with Crippen molar-refractivity contribution in [2.75, 3.05) is 31.6 Å². The lowest BCUT2D eigenvalue weighted by atomic mass is 10.2. The lowest BCUT2D eigenvalue weighted by Crippen LogP contribution is -2.38. The summed E-state index contributed by atoms with van der Waals surface area (Å²) in [7, 11) is 0. The number of aromatic nitrogens is 2. The van der Waals surface area contributed by atoms with Crippen molar-refractivity contribution in [3.05, 3.63) is 11.7 Å². The van der Waals surface area contributed by atoms with E-state index in [1.165, 1.54) is 0 Å². The fourth-order valence-corrected chi connectivity index (χ4v) is 1.76. The molecule has 21 heavy (non-hydrogen) atoms. The van der Waals surface area contributed by atoms with E-state index in [0.29, 0.717) is 18.2 Å². The molecule has 6 nitrogen and oxygen atoms in total. The first-order valence-electron chi connectivity index (χ1n) is 7.01. The maximum absolute atomic E-state index is 5.20. The molecule has 0 unspecified atom stereocenters. The van der Waals surface area contributed by atoms with E-state index in [0.717, 1.165) is 37.2 Å². The van der Waals surface area contributed by atoms with E-state index in [1.54, 1.807) is 11.8 Å². The summed E-state index contributed by atoms with van der Waals surface area (Å²) in [5, 5.41) is 10.4. The van der Waals surface area contributed by atoms with Gasteiger partial charge in [0.2, 0.25) is 5.89 Å². The van der Waals surface area contributed by atoms with Gasteiger partial charge >= 0.3 is 0 Å². The predicted octanol–water partition coefficient (Wildman–Crippen LogP) is 2.27. The van der Waals surface area contributed by atoms with Crippen molar-refractivity contribution in [3.8, 4) is 0 Å². The van der Waals surface area contributed by atoms with E-state index in [9.17, 15) is 0 Å². The molecule has 1 aromatic heterocycles. The smallest absolute Gasteiger partial charge is 0.228 e. The summed E-state index contributed by atoms with van der Waals surface area (Å²) in [6, 6.07) is 0. The van der Waals surface area contributed by atoms with E-state index in [-0.39, 0.29) is 24.0 Å². The quantitative estimate of drug-likeness (QED) is 0.287. The highest BCUT2D eigenvalue weighted by molar-refractivity contribution is 14.0. The largest absolute Gasteiger partial charge is 0.357 e. The number of hydrogen-bond acceptors (Lipinski definition) is 5. The molecule has 0 saturated carbocycles. The van der Waals surface area contributed by atoms with Crippen molar-refractivity contribution in [2.24, 2.45) is 4.99 Å². The van der Waals surface area contributed by atoms with Gasteiger partial charge in [-0.15, -0.1) is 24.0 Å². The molecular weight excluding hydrogens is 401 g/mol. The number of halogens is 1. The van der Waals surface area contributed by atoms with Crippen molar-refractivity contribution in [1.82, 2.24) is 20.8 Å². The molecule has 0 aromatic carbocycles. The fraction of sp³-hybridized carbons (Fsp3) is 0.769. The van der Waals surface area contributed by atoms with Crippen molar-refractivity contribution in [1.29, 1.82) is 0 Å². The minimum Gasteiger partial charge on any atom is -0.357 e. The van der Waals surface area contributed by atoms with Crippen LogP contribution >= 0.6 is 35.7 Å². The number of aliphatic imine (C=N–C) groups is 1. The molecule has 0 fully saturated rings. The molecule has 0 saturated heterocycles. The summed E-state index contributed by atoms with van der Waals surface area (Å²) in [6.07, 6.45) is 2.78. The van der Waals surface area contributed by atoms with Gasteiger partial charge in [-0.3, -0.25) is 4.99 Å². The number of hydrogen-bond donors (Lipinski definition) is 2. The van der Waals surface area contributed by atoms with Gasteiger partial charge in [0, 0.05) is 31.2 Å². The van der Waals surface area contributed by atoms with E-state index < -0.39 is 0 Å². The predicted molar refractivity (Wildman–Crippen MR) is 99.9 cm³/mol. The molecule has 8 heteroatoms. The van der Waals surface area contributed by atoms with E-state index >= 15 is 0 Å². The number of guanidine groups is 1. The molecule has 1 heterocycles. The van der Waals surface area contributed by atoms with Gasteiger partial charge in [0.15, 0.2) is 11.8 Å². The number of nitrogens with zero attached hydrogens (tertiary/aromatic N) is 3. The molecule has 0 radical (unpaired) electrons. The topological polar surface area (TPSA) is 75.3 Å². The van der Waals surface area contributed by atoms with Crippen LogP contribution in [0.5, 0.6) is 0 Å². The minimum absolute atomic E-state index is 0. The molecule has 0 spiro atoms. The standard InChI is InChI=1S/C13H25N5OS.HI/c1-5-14-13(16-8-9-20-4)15-7-6-11-17-12(10(2)3)18-19-11;/h10H,5-9H2,1-4H3,(H2,14,15,16);1H. The Kier molecular flexibility index (Phi) is 11.8. The van der Waals surface area contributed by atoms with Gasteiger partial charge in [0.05, 0.1) is 6.54 Å². The van der Waals surface area contributed by atoms with Crippen LogP contribution < -0.4 is 10.6 Å². The van der Waals surface area contributed by atoms with Gasteiger partial charge < -0.3 is 15.2 Å². The third kappa shape index (κ3) is 8.50. The molecule has 122 valence electrons. The van der Waals surface area contributed by atoms with Gasteiger partial charge in [-0.1, -0.05) is 19.0 Å². The van der Waals surface area contributed by atoms with Gasteiger partial charge in [-0.05, 0) is 13.2 Å². The van der Waals surface area contributed by atoms with Crippen LogP contribution in [0.2, 0.25) is 0 Å². The first-order chi connectivity index (χ1) is 9.67. The van der Waals surface area contributed by atoms with Crippen LogP contribution in [0, 0.1) is 0 Å². The van der Waals surface area contributed by atoms with Crippen LogP contribution in [-0.4, -0.2) is 47.7 Å². The van der Waals surface area contributed by atoms with Crippen molar-refractivity contribution in [3.63, 3.8) is 0 Å². The molecule has 0 amide bonds. The van der Waals surface area contributed by atoms with Crippen molar-refractivity contribution < 1.29 is 4.52 Å². The summed E-state index contributed by atoms with van der Waals surface area (Å²) in [5.74, 6) is 3.59. The SMILES string of the molecule is CCNC(=NCCSC)NCCc1nc(C(C)C)no1.I. The molecule has 0 aliphatic rings. The van der Waals surface area contributed by atoms with Gasteiger partial charge in [0.1, 0.15) is 0 Å². The Labute approximate surface area is 148 Å². The molecule has 1 rings (SSSR count). The third-order valence-electron chi connectivity index (χ3n) is 2.54. The normalized spacial score (nSPS) is 11.4. The second-order valence-electron chi connectivity index (χ2n) is 4.63. The maximum Gasteiger partial charge on any atom is 0.228 e. The summed E-state index contributed by atoms with van der Waals surface area (Å²) in [4.78, 5) is 8.82. The van der Waals surface area contributed by atoms with Crippen LogP contribution in [0.4, 0.5) is 0 Å². The van der Waals surface area contributed by atoms with Crippen LogP contribution in [0.3, 0.4) is 0 Å². The highest BCUT2D eigenvalue weighted by Crippen LogP contribution is 2.09. The van der Waals surface area contributed by atoms with Crippen LogP contribution in [0.25, 0.3) is 0 Å². The van der Waals surface area contributed by atoms with Crippen LogP contribution in [0.15, 0.2) is 9.52 Å². The zero-order valence-electron chi connectivity index (χ0n) is 13.2. The highest BCUT2D eigenvalue weighted by atomic mass is 127. The summed E-state index contributed by atoms with van der Waals surface area (Å²) >= 11 is 1.79. The van der Waals surface area contributed by atoms with Crippen molar-refractivity contribution in [2.45, 2.75) is 33.1 Å². The number of rotatable bonds is 8. The molecule has 0 aliphatic carbocycles. The molecule has 0 atom stereocenters. The first kappa shape index (κ1) is 20.5. The van der Waals surface area contributed by atoms with Gasteiger partial charge in [-0.2, -0.15) is 16.7 Å². The minimum atomic E-state index is 0. The average molecular weight is 427 g/mol. The fourth-order valence-electron chi connectivity index (χ4n) is 1.48. The van der Waals surface area contributed by atoms with Gasteiger partial charge in [-0.25, -0.2) is 0 Å². The zero-order valence-corrected chi connectivity index (χ0v) is 16.3. The molecular formula is C13H26IN5OS. The molecule has 0 aliphatic heterocycles. The number of nitrogens with one attached hydrogen (secondary N) is 2. The summed E-state index contributed by atoms with van der Waals surface area (Å²) in [6.45, 7) is 8.55. The van der Waals surface area contributed by atoms with Crippen molar-refractivity contribution >= 4 is 41.7 Å². The lowest BCUT2D eigenvalue weighted by Gasteiger charge is -2.09. The summed E-state index contributed by atoms with van der Waals surface area (Å²) in [5.41, 5.74) is 0. The molecule has 2 N–H and O–H groups in total. The Morgan fingerprint density at radius 3 is 2.71 bits per heavy atom. The summed E-state index contributed by atoms with van der Waals surface area (Å²) < 4.78 is 5.20. The van der Waals surface area contributed by atoms with E-state index in [4.69, 9.17) is 4.52 Å². The Morgan fingerprint density at radius 2 is 2.14 bits per heavy atom.